The second-order valence-electron chi connectivity index (χ2n) is 5.87. The van der Waals surface area contributed by atoms with Crippen molar-refractivity contribution < 1.29 is 4.74 Å². The Bertz CT molecular complexity index is 410. The lowest BCUT2D eigenvalue weighted by molar-refractivity contribution is 0.303. The van der Waals surface area contributed by atoms with Gasteiger partial charge in [-0.15, -0.1) is 0 Å². The summed E-state index contributed by atoms with van der Waals surface area (Å²) in [7, 11) is 0. The van der Waals surface area contributed by atoms with Crippen LogP contribution in [0.4, 0.5) is 0 Å². The van der Waals surface area contributed by atoms with E-state index < -0.39 is 0 Å². The average Bonchev–Trinajstić information content (AvgIpc) is 3.12. The Balaban J connectivity index is 1.67. The fourth-order valence-corrected chi connectivity index (χ4v) is 4.18. The molecule has 2 fully saturated rings. The topological polar surface area (TPSA) is 21.3 Å². The molecule has 1 aliphatic carbocycles. The van der Waals surface area contributed by atoms with E-state index in [1.54, 1.807) is 0 Å². The van der Waals surface area contributed by atoms with Crippen molar-refractivity contribution in [3.63, 3.8) is 0 Å². The Kier molecular flexibility index (Phi) is 4.90. The lowest BCUT2D eigenvalue weighted by Crippen LogP contribution is -2.29. The van der Waals surface area contributed by atoms with Gasteiger partial charge in [0.15, 0.2) is 0 Å². The number of thioether (sulfide) groups is 1. The Morgan fingerprint density at radius 3 is 2.65 bits per heavy atom. The Hall–Kier alpha value is -0.670. The summed E-state index contributed by atoms with van der Waals surface area (Å²) in [5, 5.41) is 4.47. The lowest BCUT2D eigenvalue weighted by atomic mass is 10.0. The van der Waals surface area contributed by atoms with Crippen LogP contribution in [-0.2, 0) is 0 Å². The molecule has 0 spiro atoms. The van der Waals surface area contributed by atoms with E-state index in [9.17, 15) is 0 Å². The third kappa shape index (κ3) is 3.70. The SMILES string of the molecule is CCCNC(c1ccc(OC2CC2)cc1)C1CCCS1. The van der Waals surface area contributed by atoms with Crippen LogP contribution in [0.3, 0.4) is 0 Å². The first-order valence-electron chi connectivity index (χ1n) is 7.98. The molecule has 0 radical (unpaired) electrons. The van der Waals surface area contributed by atoms with Gasteiger partial charge in [0, 0.05) is 11.3 Å². The van der Waals surface area contributed by atoms with Crippen LogP contribution in [0.15, 0.2) is 24.3 Å². The molecule has 1 heterocycles. The normalized spacial score (nSPS) is 23.8. The molecule has 110 valence electrons. The molecule has 2 aliphatic rings. The van der Waals surface area contributed by atoms with Crippen molar-refractivity contribution in [2.45, 2.75) is 56.4 Å². The maximum atomic E-state index is 5.84. The molecule has 0 bridgehead atoms. The van der Waals surface area contributed by atoms with Gasteiger partial charge in [-0.2, -0.15) is 11.8 Å². The average molecular weight is 291 g/mol. The molecule has 2 unspecified atom stereocenters. The van der Waals surface area contributed by atoms with Gasteiger partial charge in [0.2, 0.25) is 0 Å². The van der Waals surface area contributed by atoms with Crippen LogP contribution in [0.25, 0.3) is 0 Å². The third-order valence-electron chi connectivity index (χ3n) is 4.02. The van der Waals surface area contributed by atoms with Gasteiger partial charge in [0.05, 0.1) is 6.10 Å². The first kappa shape index (κ1) is 14.3. The van der Waals surface area contributed by atoms with Crippen LogP contribution in [0.2, 0.25) is 0 Å². The van der Waals surface area contributed by atoms with Gasteiger partial charge in [0.1, 0.15) is 5.75 Å². The van der Waals surface area contributed by atoms with Gasteiger partial charge < -0.3 is 10.1 Å². The van der Waals surface area contributed by atoms with Crippen LogP contribution >= 0.6 is 11.8 Å². The molecular formula is C17H25NOS. The van der Waals surface area contributed by atoms with Gasteiger partial charge in [-0.25, -0.2) is 0 Å². The summed E-state index contributed by atoms with van der Waals surface area (Å²) in [6.07, 6.45) is 6.83. The number of ether oxygens (including phenoxy) is 1. The fraction of sp³-hybridized carbons (Fsp3) is 0.647. The molecule has 1 saturated carbocycles. The van der Waals surface area contributed by atoms with Crippen LogP contribution < -0.4 is 10.1 Å². The second-order valence-corrected chi connectivity index (χ2v) is 7.22. The highest BCUT2D eigenvalue weighted by Crippen LogP contribution is 2.36. The molecule has 20 heavy (non-hydrogen) atoms. The standard InChI is InChI=1S/C17H25NOS/c1-2-11-18-17(16-4-3-12-20-16)13-5-7-14(8-6-13)19-15-9-10-15/h5-8,15-18H,2-4,9-12H2,1H3. The monoisotopic (exact) mass is 291 g/mol. The summed E-state index contributed by atoms with van der Waals surface area (Å²) in [6, 6.07) is 9.30. The first-order valence-corrected chi connectivity index (χ1v) is 9.03. The fourth-order valence-electron chi connectivity index (χ4n) is 2.76. The van der Waals surface area contributed by atoms with E-state index in [0.717, 1.165) is 17.5 Å². The molecular weight excluding hydrogens is 266 g/mol. The third-order valence-corrected chi connectivity index (χ3v) is 5.48. The Morgan fingerprint density at radius 1 is 1.25 bits per heavy atom. The van der Waals surface area contributed by atoms with Crippen LogP contribution in [-0.4, -0.2) is 23.7 Å². The van der Waals surface area contributed by atoms with Crippen molar-refractivity contribution in [1.82, 2.24) is 5.32 Å². The van der Waals surface area contributed by atoms with E-state index >= 15 is 0 Å². The summed E-state index contributed by atoms with van der Waals surface area (Å²) in [5.41, 5.74) is 1.42. The van der Waals surface area contributed by atoms with E-state index in [-0.39, 0.29) is 0 Å². The molecule has 2 atom stereocenters. The van der Waals surface area contributed by atoms with E-state index in [4.69, 9.17) is 4.74 Å². The molecule has 0 amide bonds. The maximum absolute atomic E-state index is 5.84. The molecule has 3 rings (SSSR count). The number of rotatable bonds is 7. The number of nitrogens with one attached hydrogen (secondary N) is 1. The molecule has 1 aromatic rings. The van der Waals surface area contributed by atoms with Crippen molar-refractivity contribution in [3.8, 4) is 5.75 Å². The number of hydrogen-bond donors (Lipinski definition) is 1. The molecule has 3 heteroatoms. The predicted octanol–water partition coefficient (Wildman–Crippen LogP) is 4.16. The first-order chi connectivity index (χ1) is 9.86. The van der Waals surface area contributed by atoms with Crippen LogP contribution in [0, 0.1) is 0 Å². The summed E-state index contributed by atoms with van der Waals surface area (Å²) in [4.78, 5) is 0. The Morgan fingerprint density at radius 2 is 2.05 bits per heavy atom. The quantitative estimate of drug-likeness (QED) is 0.815. The van der Waals surface area contributed by atoms with Crippen molar-refractivity contribution in [1.29, 1.82) is 0 Å². The molecule has 2 nitrogen and oxygen atoms in total. The van der Waals surface area contributed by atoms with Gasteiger partial charge in [-0.05, 0) is 62.1 Å². The number of benzene rings is 1. The molecule has 0 aromatic heterocycles. The summed E-state index contributed by atoms with van der Waals surface area (Å²) in [5.74, 6) is 2.35. The van der Waals surface area contributed by atoms with Gasteiger partial charge in [-0.3, -0.25) is 0 Å². The van der Waals surface area contributed by atoms with E-state index in [1.807, 2.05) is 0 Å². The summed E-state index contributed by atoms with van der Waals surface area (Å²) >= 11 is 2.13. The molecule has 1 N–H and O–H groups in total. The van der Waals surface area contributed by atoms with Gasteiger partial charge in [0.25, 0.3) is 0 Å². The molecule has 1 aliphatic heterocycles. The summed E-state index contributed by atoms with van der Waals surface area (Å²) in [6.45, 7) is 3.33. The van der Waals surface area contributed by atoms with Crippen LogP contribution in [0.5, 0.6) is 5.75 Å². The van der Waals surface area contributed by atoms with Crippen molar-refractivity contribution in [2.24, 2.45) is 0 Å². The van der Waals surface area contributed by atoms with Gasteiger partial charge >= 0.3 is 0 Å². The highest BCUT2D eigenvalue weighted by molar-refractivity contribution is 8.00. The second kappa shape index (κ2) is 6.86. The zero-order valence-corrected chi connectivity index (χ0v) is 13.1. The number of hydrogen-bond acceptors (Lipinski definition) is 3. The minimum atomic E-state index is 0.486. The lowest BCUT2D eigenvalue weighted by Gasteiger charge is -2.25. The van der Waals surface area contributed by atoms with Crippen LogP contribution in [0.1, 0.15) is 50.6 Å². The zero-order chi connectivity index (χ0) is 13.8. The largest absolute Gasteiger partial charge is 0.490 e. The van der Waals surface area contributed by atoms with E-state index in [2.05, 4.69) is 48.3 Å². The minimum absolute atomic E-state index is 0.486. The van der Waals surface area contributed by atoms with E-state index in [1.165, 1.54) is 43.4 Å². The van der Waals surface area contributed by atoms with E-state index in [0.29, 0.717) is 12.1 Å². The smallest absolute Gasteiger partial charge is 0.119 e. The minimum Gasteiger partial charge on any atom is -0.490 e. The zero-order valence-electron chi connectivity index (χ0n) is 12.3. The Labute approximate surface area is 126 Å². The van der Waals surface area contributed by atoms with Crippen molar-refractivity contribution in [2.75, 3.05) is 12.3 Å². The highest BCUT2D eigenvalue weighted by atomic mass is 32.2. The van der Waals surface area contributed by atoms with Crippen molar-refractivity contribution in [3.05, 3.63) is 29.8 Å². The van der Waals surface area contributed by atoms with Crippen molar-refractivity contribution >= 4 is 11.8 Å². The molecule has 1 saturated heterocycles. The van der Waals surface area contributed by atoms with Gasteiger partial charge in [-0.1, -0.05) is 19.1 Å². The molecule has 1 aromatic carbocycles. The predicted molar refractivity (Wildman–Crippen MR) is 86.6 cm³/mol. The maximum Gasteiger partial charge on any atom is 0.119 e. The summed E-state index contributed by atoms with van der Waals surface area (Å²) < 4.78 is 5.84. The highest BCUT2D eigenvalue weighted by Gasteiger charge is 2.27.